The zero-order chi connectivity index (χ0) is 24.8. The fraction of sp³-hybridized carbons (Fsp3) is 0.500. The molecule has 184 valence electrons. The van der Waals surface area contributed by atoms with E-state index in [4.69, 9.17) is 0 Å². The van der Waals surface area contributed by atoms with Crippen LogP contribution in [0.3, 0.4) is 0 Å². The minimum absolute atomic E-state index is 0.0727. The van der Waals surface area contributed by atoms with E-state index in [9.17, 15) is 36.3 Å². The number of urea groups is 1. The van der Waals surface area contributed by atoms with Crippen molar-refractivity contribution in [3.8, 4) is 0 Å². The maximum Gasteiger partial charge on any atom is 0.408 e. The molecule has 34 heavy (non-hydrogen) atoms. The molecule has 0 aromatic carbocycles. The molecule has 2 saturated heterocycles. The topological polar surface area (TPSA) is 130 Å². The van der Waals surface area contributed by atoms with Crippen molar-refractivity contribution < 1.29 is 41.1 Å². The number of anilines is 1. The van der Waals surface area contributed by atoms with Crippen LogP contribution in [0.25, 0.3) is 5.65 Å². The Morgan fingerprint density at radius 1 is 1.35 bits per heavy atom. The fourth-order valence-electron chi connectivity index (χ4n) is 3.57. The largest absolute Gasteiger partial charge is 0.438 e. The molecule has 0 saturated carbocycles. The van der Waals surface area contributed by atoms with Crippen molar-refractivity contribution in [1.29, 1.82) is 0 Å². The summed E-state index contributed by atoms with van der Waals surface area (Å²) in [7, 11) is 0. The summed E-state index contributed by atoms with van der Waals surface area (Å²) >= 11 is 0. The lowest BCUT2D eigenvalue weighted by Gasteiger charge is -2.24. The van der Waals surface area contributed by atoms with E-state index in [1.807, 2.05) is 0 Å². The van der Waals surface area contributed by atoms with Crippen LogP contribution in [0.5, 0.6) is 0 Å². The number of aromatic nitrogens is 3. The number of hydrogen-bond donors (Lipinski definition) is 3. The Morgan fingerprint density at radius 3 is 2.76 bits per heavy atom. The number of carbonyl (C=O) groups excluding carboxylic acids is 3. The van der Waals surface area contributed by atoms with Gasteiger partial charge in [-0.25, -0.2) is 27.9 Å². The molecule has 0 radical (unpaired) electrons. The van der Waals surface area contributed by atoms with E-state index < -0.39 is 61.3 Å². The molecule has 0 spiro atoms. The van der Waals surface area contributed by atoms with Crippen LogP contribution < -0.4 is 20.9 Å². The van der Waals surface area contributed by atoms with Crippen molar-refractivity contribution >= 4 is 29.4 Å². The second-order valence-electron chi connectivity index (χ2n) is 7.84. The standard InChI is InChI=1S/C18H18F5N7O4/c1-8(18(21,22)23)26-16(33)34-12-6-29(7-17(12,19)20)11-4-10(28-30-3-2-24-13(11)30)9-5-25-15(32)27-14(9)31/h2-4,8-9,12H,5-7H2,1H3,(H,26,33)(H2,25,27,31,32)/t8-,9?,12+/m1/s1. The minimum Gasteiger partial charge on any atom is -0.438 e. The smallest absolute Gasteiger partial charge is 0.408 e. The number of nitrogens with zero attached hydrogens (tertiary/aromatic N) is 4. The maximum atomic E-state index is 14.6. The number of ether oxygens (including phenoxy) is 1. The second kappa shape index (κ2) is 8.25. The van der Waals surface area contributed by atoms with Gasteiger partial charge in [0.05, 0.1) is 30.4 Å². The van der Waals surface area contributed by atoms with E-state index in [1.54, 1.807) is 0 Å². The molecule has 11 nitrogen and oxygen atoms in total. The van der Waals surface area contributed by atoms with Crippen LogP contribution in [0.4, 0.5) is 37.2 Å². The lowest BCUT2D eigenvalue weighted by Crippen LogP contribution is -2.51. The van der Waals surface area contributed by atoms with Gasteiger partial charge in [-0.05, 0) is 13.0 Å². The lowest BCUT2D eigenvalue weighted by atomic mass is 10.0. The van der Waals surface area contributed by atoms with Crippen LogP contribution in [0.2, 0.25) is 0 Å². The van der Waals surface area contributed by atoms with E-state index in [0.29, 0.717) is 6.92 Å². The normalized spacial score (nSPS) is 23.4. The summed E-state index contributed by atoms with van der Waals surface area (Å²) in [5, 5.41) is 10.3. The first-order chi connectivity index (χ1) is 15.8. The highest BCUT2D eigenvalue weighted by molar-refractivity contribution is 6.00. The molecule has 16 heteroatoms. The van der Waals surface area contributed by atoms with Crippen molar-refractivity contribution in [2.45, 2.75) is 37.1 Å². The Bertz CT molecular complexity index is 1140. The van der Waals surface area contributed by atoms with E-state index in [-0.39, 0.29) is 23.6 Å². The highest BCUT2D eigenvalue weighted by Gasteiger charge is 2.52. The monoisotopic (exact) mass is 491 g/mol. The zero-order valence-electron chi connectivity index (χ0n) is 17.4. The first-order valence-electron chi connectivity index (χ1n) is 9.95. The predicted molar refractivity (Wildman–Crippen MR) is 103 cm³/mol. The Hall–Kier alpha value is -3.72. The minimum atomic E-state index is -4.77. The molecule has 2 aromatic heterocycles. The molecule has 3 atom stereocenters. The van der Waals surface area contributed by atoms with Gasteiger partial charge >= 0.3 is 24.2 Å². The van der Waals surface area contributed by atoms with Gasteiger partial charge in [0.2, 0.25) is 5.91 Å². The van der Waals surface area contributed by atoms with E-state index in [2.05, 4.69) is 25.5 Å². The van der Waals surface area contributed by atoms with Crippen LogP contribution in [-0.4, -0.2) is 76.5 Å². The Balaban J connectivity index is 1.57. The number of imidazole rings is 1. The summed E-state index contributed by atoms with van der Waals surface area (Å²) in [4.78, 5) is 40.6. The third-order valence-corrected chi connectivity index (χ3v) is 5.41. The number of rotatable bonds is 4. The van der Waals surface area contributed by atoms with Gasteiger partial charge in [-0.3, -0.25) is 10.1 Å². The molecule has 1 unspecified atom stereocenters. The van der Waals surface area contributed by atoms with E-state index in [0.717, 1.165) is 4.90 Å². The average molecular weight is 491 g/mol. The van der Waals surface area contributed by atoms with Crippen LogP contribution in [-0.2, 0) is 9.53 Å². The molecule has 0 aliphatic carbocycles. The first-order valence-corrected chi connectivity index (χ1v) is 9.95. The summed E-state index contributed by atoms with van der Waals surface area (Å²) in [5.41, 5.74) is 0.451. The van der Waals surface area contributed by atoms with Crippen LogP contribution in [0.1, 0.15) is 18.5 Å². The molecular formula is C18H18F5N7O4. The van der Waals surface area contributed by atoms with Crippen LogP contribution >= 0.6 is 0 Å². The quantitative estimate of drug-likeness (QED) is 0.547. The van der Waals surface area contributed by atoms with Gasteiger partial charge < -0.3 is 20.3 Å². The molecule has 2 aromatic rings. The molecule has 0 bridgehead atoms. The van der Waals surface area contributed by atoms with Gasteiger partial charge in [-0.1, -0.05) is 0 Å². The number of halogens is 5. The number of carbonyl (C=O) groups is 3. The first kappa shape index (κ1) is 23.4. The summed E-state index contributed by atoms with van der Waals surface area (Å²) < 4.78 is 73.0. The van der Waals surface area contributed by atoms with Gasteiger partial charge in [-0.2, -0.15) is 18.3 Å². The number of nitrogens with one attached hydrogen (secondary N) is 3. The highest BCUT2D eigenvalue weighted by Crippen LogP contribution is 2.36. The number of hydrogen-bond acceptors (Lipinski definition) is 7. The molecule has 2 fully saturated rings. The third-order valence-electron chi connectivity index (χ3n) is 5.41. The molecule has 4 amide bonds. The van der Waals surface area contributed by atoms with Crippen LogP contribution in [0.15, 0.2) is 18.5 Å². The van der Waals surface area contributed by atoms with E-state index in [1.165, 1.54) is 28.3 Å². The SMILES string of the molecule is C[C@@H](NC(=O)O[C@H]1CN(c2cc(C3CNC(=O)NC3=O)nn3ccnc23)CC1(F)F)C(F)(F)F. The summed E-state index contributed by atoms with van der Waals surface area (Å²) in [6.07, 6.45) is -5.67. The third kappa shape index (κ3) is 4.51. The maximum absolute atomic E-state index is 14.6. The molecular weight excluding hydrogens is 473 g/mol. The number of imide groups is 1. The Labute approximate surface area is 187 Å². The van der Waals surface area contributed by atoms with Crippen molar-refractivity contribution in [3.05, 3.63) is 24.2 Å². The Kier molecular flexibility index (Phi) is 5.69. The molecule has 2 aliphatic rings. The summed E-state index contributed by atoms with van der Waals surface area (Å²) in [5.74, 6) is -5.14. The fourth-order valence-corrected chi connectivity index (χ4v) is 3.57. The molecule has 4 heterocycles. The van der Waals surface area contributed by atoms with Crippen molar-refractivity contribution in [3.63, 3.8) is 0 Å². The van der Waals surface area contributed by atoms with Gasteiger partial charge in [-0.15, -0.1) is 0 Å². The van der Waals surface area contributed by atoms with E-state index >= 15 is 0 Å². The summed E-state index contributed by atoms with van der Waals surface area (Å²) in [6, 6.07) is -1.61. The number of amides is 4. The van der Waals surface area contributed by atoms with Crippen LogP contribution in [0, 0.1) is 0 Å². The predicted octanol–water partition coefficient (Wildman–Crippen LogP) is 1.15. The number of alkyl carbamates (subject to hydrolysis) is 1. The van der Waals surface area contributed by atoms with Crippen molar-refractivity contribution in [1.82, 2.24) is 30.5 Å². The van der Waals surface area contributed by atoms with Crippen molar-refractivity contribution in [2.24, 2.45) is 0 Å². The second-order valence-corrected chi connectivity index (χ2v) is 7.84. The lowest BCUT2D eigenvalue weighted by molar-refractivity contribution is -0.151. The van der Waals surface area contributed by atoms with Gasteiger partial charge in [0, 0.05) is 18.9 Å². The number of alkyl halides is 5. The molecule has 2 aliphatic heterocycles. The van der Waals surface area contributed by atoms with Gasteiger partial charge in [0.15, 0.2) is 11.8 Å². The molecule has 4 rings (SSSR count). The number of fused-ring (bicyclic) bond motifs is 1. The van der Waals surface area contributed by atoms with Crippen molar-refractivity contribution in [2.75, 3.05) is 24.5 Å². The average Bonchev–Trinajstić information content (AvgIpc) is 3.30. The highest BCUT2D eigenvalue weighted by atomic mass is 19.4. The molecule has 3 N–H and O–H groups in total. The summed E-state index contributed by atoms with van der Waals surface area (Å²) in [6.45, 7) is -0.909. The zero-order valence-corrected chi connectivity index (χ0v) is 17.4. The van der Waals surface area contributed by atoms with Gasteiger partial charge in [0.25, 0.3) is 0 Å². The Morgan fingerprint density at radius 2 is 2.09 bits per heavy atom. The van der Waals surface area contributed by atoms with Gasteiger partial charge in [0.1, 0.15) is 6.04 Å².